The number of hydrogen-bond donors (Lipinski definition) is 2. The second kappa shape index (κ2) is 5.88. The monoisotopic (exact) mass is 333 g/mol. The number of aromatic hydroxyl groups is 1. The molecule has 0 aliphatic carbocycles. The number of phenols is 1. The lowest BCUT2D eigenvalue weighted by molar-refractivity contribution is 0.0697. The van der Waals surface area contributed by atoms with Crippen LogP contribution in [0.5, 0.6) is 5.75 Å². The smallest absolute Gasteiger partial charge is 0.335 e. The SMILES string of the molecule is Cc1cc(Br)cc(/C=N/c2cccc(C(=O)O)c2)c1O. The van der Waals surface area contributed by atoms with Gasteiger partial charge in [0.2, 0.25) is 0 Å². The average molecular weight is 334 g/mol. The van der Waals surface area contributed by atoms with Gasteiger partial charge in [-0.05, 0) is 42.8 Å². The third-order valence-corrected chi connectivity index (χ3v) is 3.20. The quantitative estimate of drug-likeness (QED) is 0.836. The number of benzene rings is 2. The van der Waals surface area contributed by atoms with Crippen LogP contribution in [-0.4, -0.2) is 22.4 Å². The van der Waals surface area contributed by atoms with Crippen LogP contribution in [0.4, 0.5) is 5.69 Å². The molecule has 0 aliphatic rings. The van der Waals surface area contributed by atoms with Crippen LogP contribution in [0, 0.1) is 6.92 Å². The van der Waals surface area contributed by atoms with E-state index < -0.39 is 5.97 Å². The van der Waals surface area contributed by atoms with Crippen molar-refractivity contribution in [2.75, 3.05) is 0 Å². The van der Waals surface area contributed by atoms with Crippen LogP contribution < -0.4 is 0 Å². The van der Waals surface area contributed by atoms with Crippen LogP contribution in [0.3, 0.4) is 0 Å². The largest absolute Gasteiger partial charge is 0.507 e. The van der Waals surface area contributed by atoms with Crippen LogP contribution in [0.15, 0.2) is 45.9 Å². The second-order valence-corrected chi connectivity index (χ2v) is 5.19. The molecular formula is C15H12BrNO3. The van der Waals surface area contributed by atoms with Gasteiger partial charge in [0.15, 0.2) is 0 Å². The molecule has 2 aromatic carbocycles. The maximum Gasteiger partial charge on any atom is 0.335 e. The van der Waals surface area contributed by atoms with Crippen molar-refractivity contribution in [3.63, 3.8) is 0 Å². The number of carbonyl (C=O) groups is 1. The van der Waals surface area contributed by atoms with Gasteiger partial charge in [-0.3, -0.25) is 4.99 Å². The van der Waals surface area contributed by atoms with Gasteiger partial charge in [-0.1, -0.05) is 22.0 Å². The Morgan fingerprint density at radius 3 is 2.75 bits per heavy atom. The molecule has 0 heterocycles. The number of carboxylic acids is 1. The summed E-state index contributed by atoms with van der Waals surface area (Å²) in [6.07, 6.45) is 1.51. The van der Waals surface area contributed by atoms with Gasteiger partial charge in [0.25, 0.3) is 0 Å². The molecule has 2 rings (SSSR count). The van der Waals surface area contributed by atoms with Gasteiger partial charge in [0, 0.05) is 16.3 Å². The minimum atomic E-state index is -0.997. The molecule has 0 saturated carbocycles. The first-order chi connectivity index (χ1) is 9.47. The Hall–Kier alpha value is -2.14. The van der Waals surface area contributed by atoms with Crippen molar-refractivity contribution in [3.05, 3.63) is 57.6 Å². The summed E-state index contributed by atoms with van der Waals surface area (Å²) in [4.78, 5) is 15.1. The molecule has 0 fully saturated rings. The lowest BCUT2D eigenvalue weighted by atomic mass is 10.1. The first-order valence-corrected chi connectivity index (χ1v) is 6.63. The van der Waals surface area contributed by atoms with E-state index in [4.69, 9.17) is 5.11 Å². The fourth-order valence-corrected chi connectivity index (χ4v) is 2.31. The van der Waals surface area contributed by atoms with Crippen LogP contribution in [0.1, 0.15) is 21.5 Å². The number of carboxylic acid groups (broad SMARTS) is 1. The summed E-state index contributed by atoms with van der Waals surface area (Å²) in [5.74, 6) is -0.838. The molecule has 4 nitrogen and oxygen atoms in total. The summed E-state index contributed by atoms with van der Waals surface area (Å²) in [6.45, 7) is 1.79. The Kier molecular flexibility index (Phi) is 4.20. The minimum absolute atomic E-state index is 0.159. The summed E-state index contributed by atoms with van der Waals surface area (Å²) < 4.78 is 0.841. The zero-order chi connectivity index (χ0) is 14.7. The minimum Gasteiger partial charge on any atom is -0.507 e. The molecule has 0 spiro atoms. The highest BCUT2D eigenvalue weighted by Gasteiger charge is 2.05. The van der Waals surface area contributed by atoms with Crippen molar-refractivity contribution in [2.24, 2.45) is 4.99 Å². The standard InChI is InChI=1S/C15H12BrNO3/c1-9-5-12(16)6-11(14(9)18)8-17-13-4-2-3-10(7-13)15(19)20/h2-8,18H,1H3,(H,19,20)/b17-8+. The number of aromatic carboxylic acids is 1. The number of nitrogens with zero attached hydrogens (tertiary/aromatic N) is 1. The van der Waals surface area contributed by atoms with E-state index in [1.165, 1.54) is 18.3 Å². The zero-order valence-corrected chi connectivity index (χ0v) is 12.3. The molecule has 0 bridgehead atoms. The molecule has 102 valence electrons. The predicted molar refractivity (Wildman–Crippen MR) is 81.2 cm³/mol. The van der Waals surface area contributed by atoms with E-state index in [1.54, 1.807) is 31.2 Å². The van der Waals surface area contributed by atoms with Crippen molar-refractivity contribution < 1.29 is 15.0 Å². The number of aryl methyl sites for hydroxylation is 1. The summed E-state index contributed by atoms with van der Waals surface area (Å²) in [5, 5.41) is 18.8. The van der Waals surface area contributed by atoms with Crippen molar-refractivity contribution in [1.29, 1.82) is 0 Å². The molecule has 0 radical (unpaired) electrons. The highest BCUT2D eigenvalue weighted by molar-refractivity contribution is 9.10. The zero-order valence-electron chi connectivity index (χ0n) is 10.7. The molecular weight excluding hydrogens is 322 g/mol. The van der Waals surface area contributed by atoms with Crippen LogP contribution in [0.25, 0.3) is 0 Å². The normalized spacial score (nSPS) is 10.9. The van der Waals surface area contributed by atoms with Crippen molar-refractivity contribution in [3.8, 4) is 5.75 Å². The molecule has 0 aliphatic heterocycles. The van der Waals surface area contributed by atoms with E-state index in [0.717, 1.165) is 10.0 Å². The third kappa shape index (κ3) is 3.24. The van der Waals surface area contributed by atoms with Crippen LogP contribution in [0.2, 0.25) is 0 Å². The van der Waals surface area contributed by atoms with E-state index in [1.807, 2.05) is 0 Å². The number of aliphatic imine (C=N–C) groups is 1. The highest BCUT2D eigenvalue weighted by Crippen LogP contribution is 2.26. The van der Waals surface area contributed by atoms with E-state index in [9.17, 15) is 9.90 Å². The summed E-state index contributed by atoms with van der Waals surface area (Å²) >= 11 is 3.35. The number of rotatable bonds is 3. The Bertz CT molecular complexity index is 696. The Balaban J connectivity index is 2.34. The van der Waals surface area contributed by atoms with Gasteiger partial charge < -0.3 is 10.2 Å². The van der Waals surface area contributed by atoms with Gasteiger partial charge in [0.05, 0.1) is 11.3 Å². The molecule has 0 aromatic heterocycles. The van der Waals surface area contributed by atoms with Gasteiger partial charge in [0.1, 0.15) is 5.75 Å². The summed E-state index contributed by atoms with van der Waals surface area (Å²) in [5.41, 5.74) is 1.99. The maximum atomic E-state index is 10.9. The molecule has 2 aromatic rings. The predicted octanol–water partition coefficient (Wildman–Crippen LogP) is 3.91. The number of phenolic OH excluding ortho intramolecular Hbond substituents is 1. The number of halogens is 1. The van der Waals surface area contributed by atoms with Crippen molar-refractivity contribution in [1.82, 2.24) is 0 Å². The van der Waals surface area contributed by atoms with Gasteiger partial charge >= 0.3 is 5.97 Å². The first-order valence-electron chi connectivity index (χ1n) is 5.84. The van der Waals surface area contributed by atoms with E-state index in [2.05, 4.69) is 20.9 Å². The highest BCUT2D eigenvalue weighted by atomic mass is 79.9. The third-order valence-electron chi connectivity index (χ3n) is 2.74. The van der Waals surface area contributed by atoms with Crippen LogP contribution in [-0.2, 0) is 0 Å². The van der Waals surface area contributed by atoms with Gasteiger partial charge in [-0.25, -0.2) is 4.79 Å². The van der Waals surface area contributed by atoms with E-state index in [0.29, 0.717) is 11.3 Å². The molecule has 2 N–H and O–H groups in total. The first kappa shape index (κ1) is 14.3. The second-order valence-electron chi connectivity index (χ2n) is 4.27. The molecule has 5 heteroatoms. The Morgan fingerprint density at radius 2 is 2.05 bits per heavy atom. The van der Waals surface area contributed by atoms with E-state index in [-0.39, 0.29) is 11.3 Å². The maximum absolute atomic E-state index is 10.9. The fourth-order valence-electron chi connectivity index (χ4n) is 1.72. The van der Waals surface area contributed by atoms with Crippen LogP contribution >= 0.6 is 15.9 Å². The molecule has 0 saturated heterocycles. The average Bonchev–Trinajstić information content (AvgIpc) is 2.41. The lowest BCUT2D eigenvalue weighted by Gasteiger charge is -2.04. The fraction of sp³-hybridized carbons (Fsp3) is 0.0667. The molecule has 0 atom stereocenters. The summed E-state index contributed by atoms with van der Waals surface area (Å²) in [7, 11) is 0. The van der Waals surface area contributed by atoms with Crippen molar-refractivity contribution in [2.45, 2.75) is 6.92 Å². The molecule has 0 amide bonds. The number of hydrogen-bond acceptors (Lipinski definition) is 3. The van der Waals surface area contributed by atoms with Crippen molar-refractivity contribution >= 4 is 33.8 Å². The van der Waals surface area contributed by atoms with Gasteiger partial charge in [-0.15, -0.1) is 0 Å². The Labute approximate surface area is 124 Å². The molecule has 0 unspecified atom stereocenters. The Morgan fingerprint density at radius 1 is 1.30 bits per heavy atom. The molecule has 20 heavy (non-hydrogen) atoms. The topological polar surface area (TPSA) is 69.9 Å². The van der Waals surface area contributed by atoms with E-state index >= 15 is 0 Å². The summed E-state index contributed by atoms with van der Waals surface area (Å²) in [6, 6.07) is 9.85. The van der Waals surface area contributed by atoms with Gasteiger partial charge in [-0.2, -0.15) is 0 Å². The lowest BCUT2D eigenvalue weighted by Crippen LogP contribution is -1.94.